The summed E-state index contributed by atoms with van der Waals surface area (Å²) in [5.74, 6) is -0.113. The van der Waals surface area contributed by atoms with Crippen molar-refractivity contribution >= 4 is 15.8 Å². The molecule has 1 atom stereocenters. The topological polar surface area (TPSA) is 76.1 Å². The van der Waals surface area contributed by atoms with Gasteiger partial charge in [0, 0.05) is 11.8 Å². The van der Waals surface area contributed by atoms with Crippen LogP contribution >= 0.6 is 0 Å². The summed E-state index contributed by atoms with van der Waals surface area (Å²) in [6, 6.07) is 19.9. The van der Waals surface area contributed by atoms with E-state index in [1.807, 2.05) is 36.4 Å². The zero-order valence-electron chi connectivity index (χ0n) is 14.2. The van der Waals surface area contributed by atoms with Crippen LogP contribution in [0.4, 0.5) is 0 Å². The Balaban J connectivity index is 1.97. The van der Waals surface area contributed by atoms with Crippen molar-refractivity contribution in [3.8, 4) is 0 Å². The number of rotatable bonds is 6. The number of carbonyl (C=O) groups is 1. The third kappa shape index (κ3) is 4.04. The summed E-state index contributed by atoms with van der Waals surface area (Å²) >= 11 is 0. The quantitative estimate of drug-likeness (QED) is 0.679. The summed E-state index contributed by atoms with van der Waals surface area (Å²) in [6.07, 6.45) is 1.63. The van der Waals surface area contributed by atoms with Gasteiger partial charge in [0.25, 0.3) is 0 Å². The second kappa shape index (κ2) is 7.59. The van der Waals surface area contributed by atoms with Crippen molar-refractivity contribution < 1.29 is 13.2 Å². The maximum absolute atomic E-state index is 12.8. The first-order valence-corrected chi connectivity index (χ1v) is 9.55. The molecule has 0 aliphatic carbocycles. The number of hydrogen-bond acceptors (Lipinski definition) is 4. The molecular formula is C20H18N2O3S. The van der Waals surface area contributed by atoms with Gasteiger partial charge in [-0.25, -0.2) is 8.42 Å². The van der Waals surface area contributed by atoms with Gasteiger partial charge >= 0.3 is 0 Å². The Hall–Kier alpha value is -2.83. The Bertz CT molecular complexity index is 947. The van der Waals surface area contributed by atoms with E-state index in [4.69, 9.17) is 0 Å². The Morgan fingerprint density at radius 3 is 2.15 bits per heavy atom. The lowest BCUT2D eigenvalue weighted by Gasteiger charge is -2.19. The fourth-order valence-corrected chi connectivity index (χ4v) is 3.78. The minimum Gasteiger partial charge on any atom is -0.295 e. The van der Waals surface area contributed by atoms with E-state index >= 15 is 0 Å². The number of sulfonamides is 1. The molecule has 0 amide bonds. The van der Waals surface area contributed by atoms with Crippen LogP contribution < -0.4 is 4.72 Å². The highest BCUT2D eigenvalue weighted by atomic mass is 32.2. The van der Waals surface area contributed by atoms with Gasteiger partial charge in [0.15, 0.2) is 5.78 Å². The van der Waals surface area contributed by atoms with Gasteiger partial charge in [-0.05, 0) is 36.8 Å². The second-order valence-corrected chi connectivity index (χ2v) is 7.51. The third-order valence-corrected chi connectivity index (χ3v) is 5.40. The summed E-state index contributed by atoms with van der Waals surface area (Å²) in [6.45, 7) is 1.44. The minimum atomic E-state index is -3.80. The van der Waals surface area contributed by atoms with Crippen LogP contribution in [0, 0.1) is 0 Å². The van der Waals surface area contributed by atoms with Gasteiger partial charge in [0.2, 0.25) is 10.0 Å². The second-order valence-electron chi connectivity index (χ2n) is 5.80. The smallest absolute Gasteiger partial charge is 0.241 e. The number of nitrogens with one attached hydrogen (secondary N) is 1. The monoisotopic (exact) mass is 366 g/mol. The van der Waals surface area contributed by atoms with Crippen LogP contribution in [-0.4, -0.2) is 19.2 Å². The average molecular weight is 366 g/mol. The fraction of sp³-hybridized carbons (Fsp3) is 0.100. The molecule has 0 radical (unpaired) electrons. The molecule has 0 aliphatic rings. The zero-order chi connectivity index (χ0) is 18.6. The summed E-state index contributed by atoms with van der Waals surface area (Å²) in [5.41, 5.74) is 1.85. The maximum Gasteiger partial charge on any atom is 0.241 e. The first-order chi connectivity index (χ1) is 12.5. The van der Waals surface area contributed by atoms with Gasteiger partial charge in [-0.2, -0.15) is 4.72 Å². The molecule has 5 nitrogen and oxygen atoms in total. The first-order valence-electron chi connectivity index (χ1n) is 8.06. The number of nitrogens with zero attached hydrogens (tertiary/aromatic N) is 1. The van der Waals surface area contributed by atoms with Crippen LogP contribution in [-0.2, 0) is 10.0 Å². The molecule has 0 saturated heterocycles. The summed E-state index contributed by atoms with van der Waals surface area (Å²) < 4.78 is 28.4. The number of hydrogen-bond donors (Lipinski definition) is 1. The molecule has 0 fully saturated rings. The van der Waals surface area contributed by atoms with E-state index in [9.17, 15) is 13.2 Å². The maximum atomic E-state index is 12.8. The van der Waals surface area contributed by atoms with E-state index in [0.29, 0.717) is 11.3 Å². The highest BCUT2D eigenvalue weighted by Gasteiger charge is 2.23. The molecular weight excluding hydrogens is 348 g/mol. The molecule has 3 aromatic rings. The Morgan fingerprint density at radius 1 is 0.923 bits per heavy atom. The van der Waals surface area contributed by atoms with Gasteiger partial charge in [0.1, 0.15) is 0 Å². The van der Waals surface area contributed by atoms with Gasteiger partial charge in [0.05, 0.1) is 16.6 Å². The fourth-order valence-electron chi connectivity index (χ4n) is 2.58. The van der Waals surface area contributed by atoms with Crippen molar-refractivity contribution in [3.63, 3.8) is 0 Å². The van der Waals surface area contributed by atoms with Crippen LogP contribution in [0.1, 0.15) is 34.6 Å². The third-order valence-electron chi connectivity index (χ3n) is 3.96. The highest BCUT2D eigenvalue weighted by molar-refractivity contribution is 7.89. The number of aromatic nitrogens is 1. The molecule has 1 N–H and O–H groups in total. The lowest BCUT2D eigenvalue weighted by molar-refractivity contribution is 0.101. The molecule has 132 valence electrons. The Kier molecular flexibility index (Phi) is 5.25. The molecule has 2 aromatic carbocycles. The molecule has 6 heteroatoms. The summed E-state index contributed by atoms with van der Waals surface area (Å²) in [4.78, 5) is 15.8. The van der Waals surface area contributed by atoms with Gasteiger partial charge in [-0.15, -0.1) is 0 Å². The zero-order valence-corrected chi connectivity index (χ0v) is 15.0. The Labute approximate surface area is 152 Å². The van der Waals surface area contributed by atoms with Crippen LogP contribution in [0.3, 0.4) is 0 Å². The average Bonchev–Trinajstić information content (AvgIpc) is 2.67. The molecule has 0 bridgehead atoms. The van der Waals surface area contributed by atoms with Crippen molar-refractivity contribution in [2.24, 2.45) is 0 Å². The van der Waals surface area contributed by atoms with E-state index < -0.39 is 16.1 Å². The van der Waals surface area contributed by atoms with Gasteiger partial charge in [-0.3, -0.25) is 9.78 Å². The van der Waals surface area contributed by atoms with Crippen LogP contribution in [0.25, 0.3) is 0 Å². The first kappa shape index (κ1) is 18.0. The van der Waals surface area contributed by atoms with Crippen molar-refractivity contribution in [1.29, 1.82) is 0 Å². The normalized spacial score (nSPS) is 12.5. The number of Topliss-reactive ketones (excluding diaryl/α,β-unsaturated/α-hetero) is 1. The molecule has 1 aromatic heterocycles. The number of ketones is 1. The SMILES string of the molecule is CC(=O)c1ccc(S(=O)(=O)N[C@H](c2ccccc2)c2ccccn2)cc1. The van der Waals surface area contributed by atoms with Crippen molar-refractivity contribution in [3.05, 3.63) is 95.8 Å². The summed E-state index contributed by atoms with van der Waals surface area (Å²) in [7, 11) is -3.80. The lowest BCUT2D eigenvalue weighted by Crippen LogP contribution is -2.30. The van der Waals surface area contributed by atoms with Crippen LogP contribution in [0.5, 0.6) is 0 Å². The van der Waals surface area contributed by atoms with Crippen molar-refractivity contribution in [1.82, 2.24) is 9.71 Å². The standard InChI is InChI=1S/C20H18N2O3S/c1-15(23)16-10-12-18(13-11-16)26(24,25)22-20(17-7-3-2-4-8-17)19-9-5-6-14-21-19/h2-14,20,22H,1H3/t20-/m1/s1. The van der Waals surface area contributed by atoms with Crippen LogP contribution in [0.15, 0.2) is 83.9 Å². The van der Waals surface area contributed by atoms with Crippen molar-refractivity contribution in [2.45, 2.75) is 17.9 Å². The van der Waals surface area contributed by atoms with E-state index in [0.717, 1.165) is 5.56 Å². The van der Waals surface area contributed by atoms with Gasteiger partial charge in [-0.1, -0.05) is 48.5 Å². The highest BCUT2D eigenvalue weighted by Crippen LogP contribution is 2.23. The molecule has 0 aliphatic heterocycles. The molecule has 0 saturated carbocycles. The summed E-state index contributed by atoms with van der Waals surface area (Å²) in [5, 5.41) is 0. The number of pyridine rings is 1. The number of benzene rings is 2. The van der Waals surface area contributed by atoms with E-state index in [1.54, 1.807) is 18.3 Å². The number of carbonyl (C=O) groups excluding carboxylic acids is 1. The largest absolute Gasteiger partial charge is 0.295 e. The lowest BCUT2D eigenvalue weighted by atomic mass is 10.0. The van der Waals surface area contributed by atoms with E-state index in [1.165, 1.54) is 31.2 Å². The molecule has 0 spiro atoms. The molecule has 1 heterocycles. The van der Waals surface area contributed by atoms with Crippen molar-refractivity contribution in [2.75, 3.05) is 0 Å². The van der Waals surface area contributed by atoms with E-state index in [-0.39, 0.29) is 10.7 Å². The van der Waals surface area contributed by atoms with Gasteiger partial charge < -0.3 is 0 Å². The predicted octanol–water partition coefficient (Wildman–Crippen LogP) is 3.35. The predicted molar refractivity (Wildman–Crippen MR) is 99.3 cm³/mol. The molecule has 0 unspecified atom stereocenters. The van der Waals surface area contributed by atoms with Crippen LogP contribution in [0.2, 0.25) is 0 Å². The minimum absolute atomic E-state index is 0.0966. The van der Waals surface area contributed by atoms with E-state index in [2.05, 4.69) is 9.71 Å². The Morgan fingerprint density at radius 2 is 1.58 bits per heavy atom. The molecule has 26 heavy (non-hydrogen) atoms. The molecule has 3 rings (SSSR count).